The topological polar surface area (TPSA) is 77.4 Å². The Kier molecular flexibility index (Phi) is 7.12. The largest absolute Gasteiger partial charge is 0.477 e. The van der Waals surface area contributed by atoms with E-state index in [1.54, 1.807) is 6.21 Å². The molecule has 2 fully saturated rings. The number of pyridine rings is 1. The molecule has 8 nitrogen and oxygen atoms in total. The standard InChI is InChI=1S/C22H28N4O4/c1-17-3-2-4-18(13-17)16-23-25-20-14-19(26-6-9-27-10-7-26)15-21(24-20)28-8-5-22-29-11-12-30-22/h2-4,13-16,22H,5-12H2,1H3,(H,24,25)/b23-16+. The molecule has 0 unspecified atom stereocenters. The van der Waals surface area contributed by atoms with Crippen molar-refractivity contribution in [1.29, 1.82) is 0 Å². The summed E-state index contributed by atoms with van der Waals surface area (Å²) >= 11 is 0. The first-order valence-electron chi connectivity index (χ1n) is 10.3. The average Bonchev–Trinajstić information content (AvgIpc) is 3.28. The minimum atomic E-state index is -0.191. The maximum atomic E-state index is 5.90. The van der Waals surface area contributed by atoms with Crippen LogP contribution >= 0.6 is 0 Å². The van der Waals surface area contributed by atoms with Gasteiger partial charge in [0.2, 0.25) is 5.88 Å². The number of ether oxygens (including phenoxy) is 4. The van der Waals surface area contributed by atoms with Crippen LogP contribution in [0.4, 0.5) is 11.5 Å². The number of hydrogen-bond donors (Lipinski definition) is 1. The van der Waals surface area contributed by atoms with Gasteiger partial charge in [0.15, 0.2) is 12.1 Å². The van der Waals surface area contributed by atoms with Crippen LogP contribution in [0.15, 0.2) is 41.5 Å². The molecule has 1 aromatic heterocycles. The lowest BCUT2D eigenvalue weighted by molar-refractivity contribution is -0.0533. The number of hydrazone groups is 1. The fourth-order valence-electron chi connectivity index (χ4n) is 3.38. The number of aryl methyl sites for hydroxylation is 1. The minimum Gasteiger partial charge on any atom is -0.477 e. The predicted molar refractivity (Wildman–Crippen MR) is 115 cm³/mol. The Morgan fingerprint density at radius 3 is 2.80 bits per heavy atom. The predicted octanol–water partition coefficient (Wildman–Crippen LogP) is 2.81. The molecule has 0 spiro atoms. The first kappa shape index (κ1) is 20.6. The highest BCUT2D eigenvalue weighted by Gasteiger charge is 2.17. The molecule has 160 valence electrons. The van der Waals surface area contributed by atoms with Gasteiger partial charge in [0.25, 0.3) is 0 Å². The number of hydrogen-bond acceptors (Lipinski definition) is 8. The Balaban J connectivity index is 1.44. The molecule has 0 aliphatic carbocycles. The van der Waals surface area contributed by atoms with Crippen molar-refractivity contribution in [3.63, 3.8) is 0 Å². The van der Waals surface area contributed by atoms with Crippen LogP contribution in [-0.4, -0.2) is 63.6 Å². The molecule has 1 N–H and O–H groups in total. The van der Waals surface area contributed by atoms with Crippen LogP contribution in [0.5, 0.6) is 5.88 Å². The van der Waals surface area contributed by atoms with E-state index in [4.69, 9.17) is 18.9 Å². The molecule has 2 aliphatic heterocycles. The molecule has 8 heteroatoms. The van der Waals surface area contributed by atoms with Crippen LogP contribution in [0.3, 0.4) is 0 Å². The molecule has 3 heterocycles. The molecule has 2 saturated heterocycles. The third kappa shape index (κ3) is 5.91. The highest BCUT2D eigenvalue weighted by atomic mass is 16.7. The summed E-state index contributed by atoms with van der Waals surface area (Å²) < 4.78 is 22.3. The van der Waals surface area contributed by atoms with E-state index >= 15 is 0 Å². The van der Waals surface area contributed by atoms with E-state index in [1.807, 2.05) is 24.3 Å². The van der Waals surface area contributed by atoms with E-state index in [0.29, 0.717) is 51.2 Å². The van der Waals surface area contributed by atoms with Gasteiger partial charge in [-0.15, -0.1) is 0 Å². The number of morpholine rings is 1. The molecular weight excluding hydrogens is 384 g/mol. The van der Waals surface area contributed by atoms with Crippen LogP contribution in [0.2, 0.25) is 0 Å². The summed E-state index contributed by atoms with van der Waals surface area (Å²) in [6.45, 7) is 6.90. The summed E-state index contributed by atoms with van der Waals surface area (Å²) in [5.41, 5.74) is 6.29. The SMILES string of the molecule is Cc1cccc(/C=N/Nc2cc(N3CCOCC3)cc(OCCC3OCCO3)n2)c1. The van der Waals surface area contributed by atoms with E-state index < -0.39 is 0 Å². The van der Waals surface area contributed by atoms with Crippen LogP contribution in [0.1, 0.15) is 17.5 Å². The second-order valence-electron chi connectivity index (χ2n) is 7.24. The number of aromatic nitrogens is 1. The monoisotopic (exact) mass is 412 g/mol. The fraction of sp³-hybridized carbons (Fsp3) is 0.455. The molecule has 0 radical (unpaired) electrons. The molecule has 0 saturated carbocycles. The van der Waals surface area contributed by atoms with Crippen molar-refractivity contribution in [1.82, 2.24) is 4.98 Å². The van der Waals surface area contributed by atoms with Gasteiger partial charge in [-0.25, -0.2) is 0 Å². The van der Waals surface area contributed by atoms with Gasteiger partial charge in [0.1, 0.15) is 0 Å². The van der Waals surface area contributed by atoms with E-state index in [-0.39, 0.29) is 6.29 Å². The maximum absolute atomic E-state index is 5.90. The van der Waals surface area contributed by atoms with Crippen molar-refractivity contribution in [2.75, 3.05) is 56.4 Å². The first-order valence-corrected chi connectivity index (χ1v) is 10.3. The molecule has 0 bridgehead atoms. The smallest absolute Gasteiger partial charge is 0.217 e. The number of nitrogens with one attached hydrogen (secondary N) is 1. The zero-order chi connectivity index (χ0) is 20.6. The van der Waals surface area contributed by atoms with Gasteiger partial charge >= 0.3 is 0 Å². The summed E-state index contributed by atoms with van der Waals surface area (Å²) in [4.78, 5) is 6.82. The van der Waals surface area contributed by atoms with Crippen molar-refractivity contribution in [3.8, 4) is 5.88 Å². The molecule has 30 heavy (non-hydrogen) atoms. The number of rotatable bonds is 8. The Morgan fingerprint density at radius 2 is 2.00 bits per heavy atom. The highest BCUT2D eigenvalue weighted by Crippen LogP contribution is 2.25. The normalized spacial score (nSPS) is 17.6. The van der Waals surface area contributed by atoms with Crippen molar-refractivity contribution >= 4 is 17.7 Å². The summed E-state index contributed by atoms with van der Waals surface area (Å²) in [6, 6.07) is 12.1. The number of benzene rings is 1. The molecule has 4 rings (SSSR count). The van der Waals surface area contributed by atoms with Crippen LogP contribution in [-0.2, 0) is 14.2 Å². The number of nitrogens with zero attached hydrogens (tertiary/aromatic N) is 3. The van der Waals surface area contributed by atoms with E-state index in [2.05, 4.69) is 39.5 Å². The minimum absolute atomic E-state index is 0.191. The van der Waals surface area contributed by atoms with Gasteiger partial charge in [-0.2, -0.15) is 10.1 Å². The Morgan fingerprint density at radius 1 is 1.17 bits per heavy atom. The zero-order valence-electron chi connectivity index (χ0n) is 17.3. The first-order chi connectivity index (χ1) is 14.8. The van der Waals surface area contributed by atoms with E-state index in [1.165, 1.54) is 5.56 Å². The van der Waals surface area contributed by atoms with Crippen molar-refractivity contribution in [2.24, 2.45) is 5.10 Å². The highest BCUT2D eigenvalue weighted by molar-refractivity contribution is 5.80. The lowest BCUT2D eigenvalue weighted by Gasteiger charge is -2.29. The van der Waals surface area contributed by atoms with Gasteiger partial charge in [0, 0.05) is 37.3 Å². The Labute approximate surface area is 176 Å². The molecule has 2 aliphatic rings. The van der Waals surface area contributed by atoms with Gasteiger partial charge in [0.05, 0.1) is 39.2 Å². The third-order valence-corrected chi connectivity index (χ3v) is 4.89. The van der Waals surface area contributed by atoms with Crippen molar-refractivity contribution in [2.45, 2.75) is 19.6 Å². The van der Waals surface area contributed by atoms with E-state index in [9.17, 15) is 0 Å². The second kappa shape index (κ2) is 10.4. The lowest BCUT2D eigenvalue weighted by Crippen LogP contribution is -2.36. The van der Waals surface area contributed by atoms with Gasteiger partial charge < -0.3 is 23.8 Å². The summed E-state index contributed by atoms with van der Waals surface area (Å²) in [5, 5.41) is 4.35. The maximum Gasteiger partial charge on any atom is 0.217 e. The lowest BCUT2D eigenvalue weighted by atomic mass is 10.2. The molecule has 0 amide bonds. The third-order valence-electron chi connectivity index (χ3n) is 4.89. The second-order valence-corrected chi connectivity index (χ2v) is 7.24. The molecule has 0 atom stereocenters. The van der Waals surface area contributed by atoms with Crippen molar-refractivity contribution in [3.05, 3.63) is 47.5 Å². The van der Waals surface area contributed by atoms with Crippen LogP contribution in [0.25, 0.3) is 0 Å². The fourth-order valence-corrected chi connectivity index (χ4v) is 3.38. The molecule has 2 aromatic rings. The number of anilines is 2. The summed E-state index contributed by atoms with van der Waals surface area (Å²) in [7, 11) is 0. The van der Waals surface area contributed by atoms with Crippen molar-refractivity contribution < 1.29 is 18.9 Å². The zero-order valence-corrected chi connectivity index (χ0v) is 17.3. The Bertz CT molecular complexity index is 849. The van der Waals surface area contributed by atoms with Gasteiger partial charge in [-0.3, -0.25) is 5.43 Å². The summed E-state index contributed by atoms with van der Waals surface area (Å²) in [5.74, 6) is 1.18. The molecule has 1 aromatic carbocycles. The van der Waals surface area contributed by atoms with Gasteiger partial charge in [-0.05, 0) is 12.5 Å². The average molecular weight is 412 g/mol. The van der Waals surface area contributed by atoms with E-state index in [0.717, 1.165) is 24.3 Å². The Hall–Kier alpha value is -2.68. The van der Waals surface area contributed by atoms with Crippen LogP contribution < -0.4 is 15.1 Å². The van der Waals surface area contributed by atoms with Gasteiger partial charge in [-0.1, -0.05) is 29.8 Å². The van der Waals surface area contributed by atoms with Crippen LogP contribution in [0, 0.1) is 6.92 Å². The molecular formula is C22H28N4O4. The summed E-state index contributed by atoms with van der Waals surface area (Å²) in [6.07, 6.45) is 2.26. The quantitative estimate of drug-likeness (QED) is 0.528.